The summed E-state index contributed by atoms with van der Waals surface area (Å²) in [6, 6.07) is 15.8. The fourth-order valence-corrected chi connectivity index (χ4v) is 3.31. The van der Waals surface area contributed by atoms with Crippen molar-refractivity contribution in [1.82, 2.24) is 14.5 Å². The van der Waals surface area contributed by atoms with Gasteiger partial charge in [0.05, 0.1) is 11.1 Å². The molecular weight excluding hydrogens is 364 g/mol. The standard InChI is InChI=1S/C19H18N4O3S/c1-21(13-14-7-6-10-16(11-14)23(25)26)18(24)17-12-20-19(27-2)22(17)15-8-4-3-5-9-15/h3-12H,13H2,1-2H3. The second-order valence-electron chi connectivity index (χ2n) is 5.89. The Morgan fingerprint density at radius 2 is 1.96 bits per heavy atom. The Bertz CT molecular complexity index is 972. The predicted molar refractivity (Wildman–Crippen MR) is 104 cm³/mol. The number of rotatable bonds is 6. The van der Waals surface area contributed by atoms with Gasteiger partial charge in [-0.3, -0.25) is 19.5 Å². The van der Waals surface area contributed by atoms with Crippen LogP contribution in [-0.2, 0) is 6.54 Å². The number of thioether (sulfide) groups is 1. The van der Waals surface area contributed by atoms with Crippen molar-refractivity contribution < 1.29 is 9.72 Å². The Morgan fingerprint density at radius 1 is 1.22 bits per heavy atom. The summed E-state index contributed by atoms with van der Waals surface area (Å²) >= 11 is 1.46. The average molecular weight is 382 g/mol. The molecule has 3 aromatic rings. The molecule has 0 spiro atoms. The van der Waals surface area contributed by atoms with E-state index in [4.69, 9.17) is 0 Å². The van der Waals surface area contributed by atoms with E-state index in [-0.39, 0.29) is 18.1 Å². The van der Waals surface area contributed by atoms with Gasteiger partial charge in [-0.15, -0.1) is 0 Å². The summed E-state index contributed by atoms with van der Waals surface area (Å²) in [5, 5.41) is 11.7. The summed E-state index contributed by atoms with van der Waals surface area (Å²) in [7, 11) is 1.67. The number of amides is 1. The number of aromatic nitrogens is 2. The van der Waals surface area contributed by atoms with Crippen LogP contribution in [0.4, 0.5) is 5.69 Å². The van der Waals surface area contributed by atoms with Crippen molar-refractivity contribution in [1.29, 1.82) is 0 Å². The highest BCUT2D eigenvalue weighted by molar-refractivity contribution is 7.98. The normalized spacial score (nSPS) is 10.6. The number of carbonyl (C=O) groups is 1. The molecule has 138 valence electrons. The van der Waals surface area contributed by atoms with Gasteiger partial charge in [0.1, 0.15) is 5.69 Å². The van der Waals surface area contributed by atoms with Gasteiger partial charge in [0, 0.05) is 31.4 Å². The Hall–Kier alpha value is -3.13. The van der Waals surface area contributed by atoms with Crippen LogP contribution in [-0.4, -0.2) is 38.6 Å². The first-order valence-corrected chi connectivity index (χ1v) is 9.39. The second-order valence-corrected chi connectivity index (χ2v) is 6.66. The average Bonchev–Trinajstić information content (AvgIpc) is 3.12. The topological polar surface area (TPSA) is 81.3 Å². The van der Waals surface area contributed by atoms with Crippen LogP contribution in [0.15, 0.2) is 66.0 Å². The van der Waals surface area contributed by atoms with Gasteiger partial charge >= 0.3 is 0 Å². The first-order chi connectivity index (χ1) is 13.0. The molecule has 0 N–H and O–H groups in total. The van der Waals surface area contributed by atoms with Crippen LogP contribution in [0.1, 0.15) is 16.1 Å². The zero-order valence-electron chi connectivity index (χ0n) is 14.9. The molecule has 8 heteroatoms. The summed E-state index contributed by atoms with van der Waals surface area (Å²) in [5.74, 6) is -0.210. The van der Waals surface area contributed by atoms with Crippen LogP contribution < -0.4 is 0 Å². The van der Waals surface area contributed by atoms with Crippen molar-refractivity contribution in [2.75, 3.05) is 13.3 Å². The largest absolute Gasteiger partial charge is 0.336 e. The first-order valence-electron chi connectivity index (χ1n) is 8.17. The molecule has 0 atom stereocenters. The molecule has 0 saturated carbocycles. The highest BCUT2D eigenvalue weighted by atomic mass is 32.2. The molecule has 0 unspecified atom stereocenters. The number of benzene rings is 2. The van der Waals surface area contributed by atoms with Gasteiger partial charge in [0.2, 0.25) is 0 Å². The van der Waals surface area contributed by atoms with E-state index in [9.17, 15) is 14.9 Å². The number of para-hydroxylation sites is 1. The molecule has 1 amide bonds. The van der Waals surface area contributed by atoms with Crippen molar-refractivity contribution in [3.63, 3.8) is 0 Å². The molecule has 1 aromatic heterocycles. The molecule has 0 aliphatic rings. The zero-order valence-corrected chi connectivity index (χ0v) is 15.7. The van der Waals surface area contributed by atoms with E-state index < -0.39 is 4.92 Å². The first kappa shape index (κ1) is 18.7. The van der Waals surface area contributed by atoms with Gasteiger partial charge in [-0.2, -0.15) is 0 Å². The number of nitrogens with zero attached hydrogens (tertiary/aromatic N) is 4. The number of imidazole rings is 1. The van der Waals surface area contributed by atoms with Crippen LogP contribution >= 0.6 is 11.8 Å². The van der Waals surface area contributed by atoms with Crippen molar-refractivity contribution in [2.24, 2.45) is 0 Å². The van der Waals surface area contributed by atoms with Crippen molar-refractivity contribution >= 4 is 23.4 Å². The second kappa shape index (κ2) is 8.05. The van der Waals surface area contributed by atoms with Gasteiger partial charge in [0.25, 0.3) is 11.6 Å². The minimum Gasteiger partial charge on any atom is -0.336 e. The third-order valence-electron chi connectivity index (χ3n) is 4.03. The number of nitro groups is 1. The number of hydrogen-bond donors (Lipinski definition) is 0. The Balaban J connectivity index is 1.89. The van der Waals surface area contributed by atoms with E-state index in [0.29, 0.717) is 16.4 Å². The van der Waals surface area contributed by atoms with Gasteiger partial charge in [-0.1, -0.05) is 42.1 Å². The number of non-ortho nitro benzene ring substituents is 1. The highest BCUT2D eigenvalue weighted by Crippen LogP contribution is 2.23. The van der Waals surface area contributed by atoms with Crippen LogP contribution in [0.25, 0.3) is 5.69 Å². The van der Waals surface area contributed by atoms with Crippen LogP contribution in [0.5, 0.6) is 0 Å². The van der Waals surface area contributed by atoms with Gasteiger partial charge in [-0.25, -0.2) is 4.98 Å². The smallest absolute Gasteiger partial charge is 0.272 e. The zero-order chi connectivity index (χ0) is 19.4. The SMILES string of the molecule is CSc1ncc(C(=O)N(C)Cc2cccc([N+](=O)[O-])c2)n1-c1ccccc1. The lowest BCUT2D eigenvalue weighted by Crippen LogP contribution is -2.28. The quantitative estimate of drug-likeness (QED) is 0.368. The molecule has 1 heterocycles. The van der Waals surface area contributed by atoms with Crippen LogP contribution in [0, 0.1) is 10.1 Å². The van der Waals surface area contributed by atoms with E-state index in [2.05, 4.69) is 4.98 Å². The van der Waals surface area contributed by atoms with Crippen LogP contribution in [0.3, 0.4) is 0 Å². The van der Waals surface area contributed by atoms with Crippen LogP contribution in [0.2, 0.25) is 0 Å². The lowest BCUT2D eigenvalue weighted by molar-refractivity contribution is -0.384. The Labute approximate surface area is 160 Å². The van der Waals surface area contributed by atoms with Gasteiger partial charge in [0.15, 0.2) is 5.16 Å². The Kier molecular flexibility index (Phi) is 5.56. The molecule has 0 fully saturated rings. The number of nitro benzene ring substituents is 1. The van der Waals surface area contributed by atoms with Gasteiger partial charge < -0.3 is 4.90 Å². The summed E-state index contributed by atoms with van der Waals surface area (Å²) in [5.41, 5.74) is 1.99. The third kappa shape index (κ3) is 4.01. The predicted octanol–water partition coefficient (Wildman–Crippen LogP) is 3.77. The minimum atomic E-state index is -0.444. The number of carbonyl (C=O) groups excluding carboxylic acids is 1. The fraction of sp³-hybridized carbons (Fsp3) is 0.158. The van der Waals surface area contributed by atoms with E-state index in [1.807, 2.05) is 41.2 Å². The van der Waals surface area contributed by atoms with Crippen molar-refractivity contribution in [3.8, 4) is 5.69 Å². The lowest BCUT2D eigenvalue weighted by atomic mass is 10.2. The van der Waals surface area contributed by atoms with E-state index >= 15 is 0 Å². The molecule has 0 saturated heterocycles. The van der Waals surface area contributed by atoms with Crippen molar-refractivity contribution in [3.05, 3.63) is 82.2 Å². The summed E-state index contributed by atoms with van der Waals surface area (Å²) in [6.07, 6.45) is 3.47. The van der Waals surface area contributed by atoms with E-state index in [1.54, 1.807) is 25.4 Å². The highest BCUT2D eigenvalue weighted by Gasteiger charge is 2.21. The summed E-state index contributed by atoms with van der Waals surface area (Å²) in [6.45, 7) is 0.259. The molecule has 0 aliphatic carbocycles. The fourth-order valence-electron chi connectivity index (χ4n) is 2.77. The molecule has 7 nitrogen and oxygen atoms in total. The molecule has 0 aliphatic heterocycles. The Morgan fingerprint density at radius 3 is 2.63 bits per heavy atom. The molecule has 3 rings (SSSR count). The molecule has 2 aromatic carbocycles. The number of hydrogen-bond acceptors (Lipinski definition) is 5. The maximum atomic E-state index is 13.0. The monoisotopic (exact) mass is 382 g/mol. The maximum Gasteiger partial charge on any atom is 0.272 e. The molecule has 0 radical (unpaired) electrons. The summed E-state index contributed by atoms with van der Waals surface area (Å²) < 4.78 is 1.82. The summed E-state index contributed by atoms with van der Waals surface area (Å²) in [4.78, 5) is 29.4. The van der Waals surface area contributed by atoms with Gasteiger partial charge in [-0.05, 0) is 24.0 Å². The lowest BCUT2D eigenvalue weighted by Gasteiger charge is -2.18. The van der Waals surface area contributed by atoms with E-state index in [1.165, 1.54) is 28.8 Å². The third-order valence-corrected chi connectivity index (χ3v) is 4.69. The molecule has 27 heavy (non-hydrogen) atoms. The maximum absolute atomic E-state index is 13.0. The van der Waals surface area contributed by atoms with Crippen molar-refractivity contribution in [2.45, 2.75) is 11.7 Å². The minimum absolute atomic E-state index is 0.00680. The molecular formula is C19H18N4O3S. The molecule has 0 bridgehead atoms. The van der Waals surface area contributed by atoms with E-state index in [0.717, 1.165) is 5.69 Å².